The van der Waals surface area contributed by atoms with Crippen molar-refractivity contribution in [1.82, 2.24) is 4.98 Å². The molecule has 156 valence electrons. The minimum absolute atomic E-state index is 0.0229. The van der Waals surface area contributed by atoms with Crippen LogP contribution in [0.4, 0.5) is 21.7 Å². The van der Waals surface area contributed by atoms with E-state index in [4.69, 9.17) is 20.9 Å². The Labute approximate surface area is 168 Å². The molecule has 1 aromatic carbocycles. The molecule has 1 saturated carbocycles. The molecule has 6 N–H and O–H groups in total. The molecule has 0 aliphatic heterocycles. The fraction of sp³-hybridized carbons (Fsp3) is 0.400. The van der Waals surface area contributed by atoms with Crippen LogP contribution in [-0.2, 0) is 0 Å². The zero-order valence-corrected chi connectivity index (χ0v) is 16.5. The van der Waals surface area contributed by atoms with Gasteiger partial charge in [-0.2, -0.15) is 0 Å². The van der Waals surface area contributed by atoms with Gasteiger partial charge < -0.3 is 31.6 Å². The van der Waals surface area contributed by atoms with E-state index in [0.29, 0.717) is 17.2 Å². The third-order valence-electron chi connectivity index (χ3n) is 5.00. The summed E-state index contributed by atoms with van der Waals surface area (Å²) >= 11 is 0. The lowest BCUT2D eigenvalue weighted by Crippen LogP contribution is -2.43. The van der Waals surface area contributed by atoms with E-state index in [1.165, 1.54) is 14.2 Å². The molecule has 1 amide bonds. The average molecular weight is 403 g/mol. The fourth-order valence-corrected chi connectivity index (χ4v) is 3.40. The number of halogens is 1. The first-order chi connectivity index (χ1) is 13.9. The molecule has 1 aliphatic rings. The largest absolute Gasteiger partial charge is 0.497 e. The summed E-state index contributed by atoms with van der Waals surface area (Å²) in [5.41, 5.74) is 12.1. The molecule has 0 saturated heterocycles. The van der Waals surface area contributed by atoms with Crippen molar-refractivity contribution in [2.45, 2.75) is 37.8 Å². The van der Waals surface area contributed by atoms with E-state index in [9.17, 15) is 9.18 Å². The first-order valence-corrected chi connectivity index (χ1v) is 9.43. The Bertz CT molecular complexity index is 870. The number of aromatic nitrogens is 1. The number of primary amides is 1. The van der Waals surface area contributed by atoms with Crippen LogP contribution in [0.5, 0.6) is 11.5 Å². The highest BCUT2D eigenvalue weighted by molar-refractivity contribution is 5.98. The van der Waals surface area contributed by atoms with E-state index in [-0.39, 0.29) is 29.3 Å². The van der Waals surface area contributed by atoms with Crippen molar-refractivity contribution in [2.75, 3.05) is 24.9 Å². The average Bonchev–Trinajstić information content (AvgIpc) is 2.71. The van der Waals surface area contributed by atoms with Gasteiger partial charge in [0.2, 0.25) is 0 Å². The molecule has 29 heavy (non-hydrogen) atoms. The monoisotopic (exact) mass is 403 g/mol. The Hall–Kier alpha value is -3.07. The van der Waals surface area contributed by atoms with E-state index in [1.54, 1.807) is 18.2 Å². The Morgan fingerprint density at radius 3 is 2.34 bits per heavy atom. The van der Waals surface area contributed by atoms with Gasteiger partial charge in [0.25, 0.3) is 5.91 Å². The maximum absolute atomic E-state index is 14.6. The lowest BCUT2D eigenvalue weighted by Gasteiger charge is -2.30. The molecular formula is C20H26FN5O3. The molecule has 0 unspecified atom stereocenters. The van der Waals surface area contributed by atoms with Crippen molar-refractivity contribution in [3.8, 4) is 11.5 Å². The van der Waals surface area contributed by atoms with Gasteiger partial charge in [-0.1, -0.05) is 12.8 Å². The lowest BCUT2D eigenvalue weighted by molar-refractivity contribution is 0.100. The minimum Gasteiger partial charge on any atom is -0.497 e. The number of carbonyl (C=O) groups is 1. The van der Waals surface area contributed by atoms with Gasteiger partial charge in [0.1, 0.15) is 17.3 Å². The molecule has 2 atom stereocenters. The molecule has 0 radical (unpaired) electrons. The van der Waals surface area contributed by atoms with Crippen molar-refractivity contribution >= 4 is 23.2 Å². The third kappa shape index (κ3) is 4.86. The summed E-state index contributed by atoms with van der Waals surface area (Å²) < 4.78 is 25.1. The number of nitrogens with two attached hydrogens (primary N) is 2. The lowest BCUT2D eigenvalue weighted by atomic mass is 9.91. The van der Waals surface area contributed by atoms with Gasteiger partial charge in [0.05, 0.1) is 19.8 Å². The molecule has 1 aliphatic carbocycles. The summed E-state index contributed by atoms with van der Waals surface area (Å²) in [7, 11) is 3.05. The van der Waals surface area contributed by atoms with Crippen LogP contribution >= 0.6 is 0 Å². The second-order valence-corrected chi connectivity index (χ2v) is 7.00. The van der Waals surface area contributed by atoms with Gasteiger partial charge in [-0.25, -0.2) is 9.37 Å². The number of carbonyl (C=O) groups excluding carboxylic acids is 1. The third-order valence-corrected chi connectivity index (χ3v) is 5.00. The van der Waals surface area contributed by atoms with Gasteiger partial charge in [0.15, 0.2) is 11.6 Å². The van der Waals surface area contributed by atoms with Gasteiger partial charge in [0, 0.05) is 36.0 Å². The molecule has 2 aromatic rings. The molecular weight excluding hydrogens is 377 g/mol. The van der Waals surface area contributed by atoms with Crippen LogP contribution in [0.25, 0.3) is 0 Å². The number of benzene rings is 1. The van der Waals surface area contributed by atoms with E-state index in [2.05, 4.69) is 15.6 Å². The summed E-state index contributed by atoms with van der Waals surface area (Å²) in [5.74, 6) is -0.224. The number of hydrogen-bond donors (Lipinski definition) is 4. The molecule has 0 bridgehead atoms. The number of ether oxygens (including phenoxy) is 2. The van der Waals surface area contributed by atoms with Crippen molar-refractivity contribution < 1.29 is 18.7 Å². The van der Waals surface area contributed by atoms with Crippen molar-refractivity contribution in [1.29, 1.82) is 0 Å². The van der Waals surface area contributed by atoms with Crippen LogP contribution in [0.2, 0.25) is 0 Å². The molecule has 1 aromatic heterocycles. The second-order valence-electron chi connectivity index (χ2n) is 7.00. The summed E-state index contributed by atoms with van der Waals surface area (Å²) in [4.78, 5) is 16.1. The second kappa shape index (κ2) is 8.95. The number of amides is 1. The van der Waals surface area contributed by atoms with Crippen LogP contribution in [0.3, 0.4) is 0 Å². The smallest absolute Gasteiger partial charge is 0.252 e. The molecule has 3 rings (SSSR count). The van der Waals surface area contributed by atoms with E-state index in [1.807, 2.05) is 0 Å². The van der Waals surface area contributed by atoms with Gasteiger partial charge >= 0.3 is 0 Å². The summed E-state index contributed by atoms with van der Waals surface area (Å²) in [5, 5.41) is 6.09. The molecule has 1 heterocycles. The van der Waals surface area contributed by atoms with Crippen LogP contribution < -0.4 is 31.6 Å². The van der Waals surface area contributed by atoms with Crippen molar-refractivity contribution in [3.63, 3.8) is 0 Å². The van der Waals surface area contributed by atoms with Crippen LogP contribution in [0.1, 0.15) is 36.0 Å². The summed E-state index contributed by atoms with van der Waals surface area (Å²) in [6, 6.07) is 6.00. The van der Waals surface area contributed by atoms with Crippen LogP contribution in [0.15, 0.2) is 24.3 Å². The van der Waals surface area contributed by atoms with Crippen LogP contribution in [-0.4, -0.2) is 37.2 Å². The first-order valence-electron chi connectivity index (χ1n) is 9.43. The molecule has 8 nitrogen and oxygen atoms in total. The highest BCUT2D eigenvalue weighted by Gasteiger charge is 2.24. The number of methoxy groups -OCH3 is 2. The van der Waals surface area contributed by atoms with Crippen molar-refractivity contribution in [3.05, 3.63) is 35.6 Å². The molecule has 1 fully saturated rings. The predicted octanol–water partition coefficient (Wildman–Crippen LogP) is 2.76. The number of rotatable bonds is 7. The Balaban J connectivity index is 1.95. The number of hydrogen-bond acceptors (Lipinski definition) is 7. The van der Waals surface area contributed by atoms with Gasteiger partial charge in [-0.05, 0) is 18.9 Å². The summed E-state index contributed by atoms with van der Waals surface area (Å²) in [6.07, 6.45) is 3.77. The van der Waals surface area contributed by atoms with Gasteiger partial charge in [-0.15, -0.1) is 0 Å². The quantitative estimate of drug-likeness (QED) is 0.560. The molecule has 0 spiro atoms. The first kappa shape index (κ1) is 20.7. The van der Waals surface area contributed by atoms with Crippen LogP contribution in [0, 0.1) is 5.82 Å². The zero-order valence-electron chi connectivity index (χ0n) is 16.5. The number of pyridine rings is 1. The highest BCUT2D eigenvalue weighted by atomic mass is 19.1. The van der Waals surface area contributed by atoms with E-state index < -0.39 is 11.7 Å². The standard InChI is InChI=1S/C20H26FN5O3/c1-28-12-7-11(8-13(9-12)29-2)24-19-14(18(23)27)10-15(21)20(26-19)25-17-6-4-3-5-16(17)22/h7-10,16-17H,3-6,22H2,1-2H3,(H2,23,27)(H2,24,25,26)/t16-,17-/m1/s1. The fourth-order valence-electron chi connectivity index (χ4n) is 3.40. The SMILES string of the molecule is COc1cc(Nc2nc(N[C@@H]3CCCC[C@H]3N)c(F)cc2C(N)=O)cc(OC)c1. The topological polar surface area (TPSA) is 125 Å². The molecule has 9 heteroatoms. The van der Waals surface area contributed by atoms with Crippen molar-refractivity contribution in [2.24, 2.45) is 11.5 Å². The Morgan fingerprint density at radius 2 is 1.76 bits per heavy atom. The minimum atomic E-state index is -0.797. The Kier molecular flexibility index (Phi) is 6.38. The normalized spacial score (nSPS) is 18.8. The van der Waals surface area contributed by atoms with E-state index >= 15 is 0 Å². The predicted molar refractivity (Wildman–Crippen MR) is 109 cm³/mol. The Morgan fingerprint density at radius 1 is 1.10 bits per heavy atom. The highest BCUT2D eigenvalue weighted by Crippen LogP contribution is 2.30. The number of anilines is 3. The zero-order chi connectivity index (χ0) is 21.0. The van der Waals surface area contributed by atoms with Gasteiger partial charge in [-0.3, -0.25) is 4.79 Å². The number of nitrogens with one attached hydrogen (secondary N) is 2. The maximum Gasteiger partial charge on any atom is 0.252 e. The van der Waals surface area contributed by atoms with E-state index in [0.717, 1.165) is 31.7 Å². The maximum atomic E-state index is 14.6. The number of nitrogens with zero attached hydrogens (tertiary/aromatic N) is 1. The summed E-state index contributed by atoms with van der Waals surface area (Å²) in [6.45, 7) is 0.